The van der Waals surface area contributed by atoms with E-state index in [2.05, 4.69) is 14.5 Å². The number of ether oxygens (including phenoxy) is 1. The Morgan fingerprint density at radius 2 is 2.36 bits per heavy atom. The number of imidazole rings is 1. The molecule has 0 bridgehead atoms. The number of hydrogen-bond acceptors (Lipinski definition) is 4. The Bertz CT molecular complexity index is 380. The summed E-state index contributed by atoms with van der Waals surface area (Å²) in [5.41, 5.74) is 6.59. The molecular formula is C9H12N4O. The van der Waals surface area contributed by atoms with E-state index < -0.39 is 0 Å². The normalized spacial score (nSPS) is 26.0. The predicted octanol–water partition coefficient (Wildman–Crippen LogP) is 0.604. The Labute approximate surface area is 81.6 Å². The van der Waals surface area contributed by atoms with Crippen molar-refractivity contribution >= 4 is 6.02 Å². The Kier molecular flexibility index (Phi) is 1.53. The summed E-state index contributed by atoms with van der Waals surface area (Å²) in [6, 6.07) is 0.959. The van der Waals surface area contributed by atoms with Crippen LogP contribution in [0.5, 0.6) is 0 Å². The van der Waals surface area contributed by atoms with Crippen molar-refractivity contribution < 1.29 is 4.74 Å². The molecule has 2 aliphatic rings. The Hall–Kier alpha value is -1.52. The van der Waals surface area contributed by atoms with Gasteiger partial charge in [-0.25, -0.2) is 9.98 Å². The number of hydrogen-bond donors (Lipinski definition) is 1. The minimum Gasteiger partial charge on any atom is -0.463 e. The van der Waals surface area contributed by atoms with Crippen LogP contribution in [0.3, 0.4) is 0 Å². The summed E-state index contributed by atoms with van der Waals surface area (Å²) in [5, 5.41) is 0. The lowest BCUT2D eigenvalue weighted by atomic mass is 10.2. The van der Waals surface area contributed by atoms with Gasteiger partial charge in [0.25, 0.3) is 6.02 Å². The average Bonchev–Trinajstić information content (AvgIpc) is 2.75. The van der Waals surface area contributed by atoms with Crippen LogP contribution < -0.4 is 5.73 Å². The fourth-order valence-electron chi connectivity index (χ4n) is 1.77. The molecule has 5 heteroatoms. The van der Waals surface area contributed by atoms with Crippen LogP contribution in [0.2, 0.25) is 0 Å². The van der Waals surface area contributed by atoms with Crippen LogP contribution in [0, 0.1) is 0 Å². The van der Waals surface area contributed by atoms with E-state index in [0.717, 1.165) is 5.69 Å². The van der Waals surface area contributed by atoms with Gasteiger partial charge in [-0.1, -0.05) is 0 Å². The van der Waals surface area contributed by atoms with Crippen molar-refractivity contribution in [3.63, 3.8) is 0 Å². The fourth-order valence-corrected chi connectivity index (χ4v) is 1.77. The summed E-state index contributed by atoms with van der Waals surface area (Å²) in [7, 11) is 0. The van der Waals surface area contributed by atoms with Gasteiger partial charge in [0.15, 0.2) is 0 Å². The molecule has 2 N–H and O–H groups in total. The first-order valence-corrected chi connectivity index (χ1v) is 4.82. The lowest BCUT2D eigenvalue weighted by molar-refractivity contribution is 0.311. The SMILES string of the molecule is NC1=NC(c2cncn2C2CC2)CO1. The second-order valence-electron chi connectivity index (χ2n) is 3.75. The van der Waals surface area contributed by atoms with Gasteiger partial charge in [-0.05, 0) is 12.8 Å². The van der Waals surface area contributed by atoms with Crippen LogP contribution in [-0.2, 0) is 4.74 Å². The molecule has 0 amide bonds. The molecule has 1 saturated carbocycles. The van der Waals surface area contributed by atoms with E-state index in [9.17, 15) is 0 Å². The molecule has 0 aromatic carbocycles. The van der Waals surface area contributed by atoms with Gasteiger partial charge in [0.05, 0.1) is 18.2 Å². The Balaban J connectivity index is 1.91. The first kappa shape index (κ1) is 7.84. The first-order chi connectivity index (χ1) is 6.84. The summed E-state index contributed by atoms with van der Waals surface area (Å²) in [4.78, 5) is 8.36. The fraction of sp³-hybridized carbons (Fsp3) is 0.556. The molecule has 14 heavy (non-hydrogen) atoms. The highest BCUT2D eigenvalue weighted by atomic mass is 16.5. The molecule has 2 heterocycles. The molecule has 1 aliphatic heterocycles. The third-order valence-corrected chi connectivity index (χ3v) is 2.65. The van der Waals surface area contributed by atoms with Gasteiger partial charge >= 0.3 is 0 Å². The Morgan fingerprint density at radius 1 is 1.50 bits per heavy atom. The van der Waals surface area contributed by atoms with Gasteiger partial charge in [-0.2, -0.15) is 0 Å². The second kappa shape index (κ2) is 2.73. The quantitative estimate of drug-likeness (QED) is 0.746. The van der Waals surface area contributed by atoms with Crippen LogP contribution in [-0.4, -0.2) is 22.2 Å². The molecule has 1 aromatic rings. The van der Waals surface area contributed by atoms with E-state index in [-0.39, 0.29) is 6.04 Å². The molecule has 0 radical (unpaired) electrons. The highest BCUT2D eigenvalue weighted by Gasteiger charge is 2.29. The molecule has 5 nitrogen and oxygen atoms in total. The molecule has 0 saturated heterocycles. The largest absolute Gasteiger partial charge is 0.463 e. The molecule has 1 aromatic heterocycles. The molecule has 0 spiro atoms. The molecule has 1 unspecified atom stereocenters. The van der Waals surface area contributed by atoms with Crippen LogP contribution in [0.4, 0.5) is 0 Å². The van der Waals surface area contributed by atoms with E-state index in [1.807, 2.05) is 12.5 Å². The van der Waals surface area contributed by atoms with Crippen LogP contribution in [0.15, 0.2) is 17.5 Å². The smallest absolute Gasteiger partial charge is 0.282 e. The minimum absolute atomic E-state index is 0.0399. The number of nitrogens with zero attached hydrogens (tertiary/aromatic N) is 3. The maximum atomic E-state index is 5.47. The van der Waals surface area contributed by atoms with Crippen molar-refractivity contribution in [3.8, 4) is 0 Å². The standard InChI is InChI=1S/C9H12N4O/c10-9-12-7(4-14-9)8-3-11-5-13(8)6-1-2-6/h3,5-7H,1-2,4H2,(H2,10,12). The summed E-state index contributed by atoms with van der Waals surface area (Å²) < 4.78 is 7.32. The maximum Gasteiger partial charge on any atom is 0.282 e. The lowest BCUT2D eigenvalue weighted by Gasteiger charge is -2.08. The average molecular weight is 192 g/mol. The second-order valence-corrected chi connectivity index (χ2v) is 3.75. The van der Waals surface area contributed by atoms with Crippen molar-refractivity contribution in [1.82, 2.24) is 9.55 Å². The number of nitrogens with two attached hydrogens (primary N) is 1. The zero-order valence-corrected chi connectivity index (χ0v) is 7.76. The zero-order valence-electron chi connectivity index (χ0n) is 7.76. The van der Waals surface area contributed by atoms with Crippen LogP contribution in [0.1, 0.15) is 30.6 Å². The van der Waals surface area contributed by atoms with E-state index in [4.69, 9.17) is 10.5 Å². The lowest BCUT2D eigenvalue weighted by Crippen LogP contribution is -2.10. The number of aromatic nitrogens is 2. The van der Waals surface area contributed by atoms with Gasteiger partial charge in [0, 0.05) is 6.04 Å². The van der Waals surface area contributed by atoms with Crippen molar-refractivity contribution in [2.45, 2.75) is 24.9 Å². The van der Waals surface area contributed by atoms with Gasteiger partial charge in [-0.3, -0.25) is 0 Å². The molecule has 1 aliphatic carbocycles. The molecule has 3 rings (SSSR count). The molecule has 1 atom stereocenters. The van der Waals surface area contributed by atoms with E-state index in [1.165, 1.54) is 12.8 Å². The number of rotatable bonds is 2. The highest BCUT2D eigenvalue weighted by molar-refractivity contribution is 5.73. The van der Waals surface area contributed by atoms with Crippen molar-refractivity contribution in [2.75, 3.05) is 6.61 Å². The van der Waals surface area contributed by atoms with Gasteiger partial charge in [0.2, 0.25) is 0 Å². The maximum absolute atomic E-state index is 5.47. The highest BCUT2D eigenvalue weighted by Crippen LogP contribution is 2.37. The van der Waals surface area contributed by atoms with Crippen molar-refractivity contribution in [2.24, 2.45) is 10.7 Å². The zero-order chi connectivity index (χ0) is 9.54. The van der Waals surface area contributed by atoms with E-state index in [1.54, 1.807) is 0 Å². The summed E-state index contributed by atoms with van der Waals surface area (Å²) in [6.45, 7) is 0.546. The van der Waals surface area contributed by atoms with E-state index >= 15 is 0 Å². The number of amidine groups is 1. The third-order valence-electron chi connectivity index (χ3n) is 2.65. The topological polar surface area (TPSA) is 65.4 Å². The molecule has 74 valence electrons. The summed E-state index contributed by atoms with van der Waals surface area (Å²) in [6.07, 6.45) is 6.22. The monoisotopic (exact) mass is 192 g/mol. The van der Waals surface area contributed by atoms with Crippen molar-refractivity contribution in [1.29, 1.82) is 0 Å². The molecule has 1 fully saturated rings. The summed E-state index contributed by atoms with van der Waals surface area (Å²) >= 11 is 0. The van der Waals surface area contributed by atoms with Gasteiger partial charge in [-0.15, -0.1) is 0 Å². The van der Waals surface area contributed by atoms with E-state index in [0.29, 0.717) is 18.7 Å². The first-order valence-electron chi connectivity index (χ1n) is 4.82. The van der Waals surface area contributed by atoms with Crippen molar-refractivity contribution in [3.05, 3.63) is 18.2 Å². The van der Waals surface area contributed by atoms with Gasteiger partial charge < -0.3 is 15.0 Å². The van der Waals surface area contributed by atoms with Crippen LogP contribution >= 0.6 is 0 Å². The van der Waals surface area contributed by atoms with Gasteiger partial charge in [0.1, 0.15) is 12.6 Å². The Morgan fingerprint density at radius 3 is 3.00 bits per heavy atom. The third kappa shape index (κ3) is 1.16. The predicted molar refractivity (Wildman–Crippen MR) is 50.8 cm³/mol. The number of aliphatic imine (C=N–C) groups is 1. The summed E-state index contributed by atoms with van der Waals surface area (Å²) in [5.74, 6) is 0. The molecular weight excluding hydrogens is 180 g/mol. The minimum atomic E-state index is 0.0399. The van der Waals surface area contributed by atoms with Crippen LogP contribution in [0.25, 0.3) is 0 Å².